The Morgan fingerprint density at radius 3 is 2.25 bits per heavy atom. The molecule has 1 fully saturated rings. The van der Waals surface area contributed by atoms with E-state index in [1.807, 2.05) is 0 Å². The molecule has 0 radical (unpaired) electrons. The second kappa shape index (κ2) is 9.85. The summed E-state index contributed by atoms with van der Waals surface area (Å²) in [6.45, 7) is 10.4. The Morgan fingerprint density at radius 2 is 1.70 bits per heavy atom. The number of hydrogen-bond acceptors (Lipinski definition) is 3. The Bertz CT molecular complexity index is 389. The van der Waals surface area contributed by atoms with E-state index in [2.05, 4.69) is 52.1 Å². The maximum absolute atomic E-state index is 5.84. The zero-order valence-corrected chi connectivity index (χ0v) is 15.2. The molecule has 1 aliphatic rings. The first-order valence-corrected chi connectivity index (χ1v) is 7.29. The molecule has 1 aromatic rings. The van der Waals surface area contributed by atoms with Gasteiger partial charge in [0.1, 0.15) is 12.4 Å². The predicted octanol–water partition coefficient (Wildman–Crippen LogP) is 3.19. The highest BCUT2D eigenvalue weighted by molar-refractivity contribution is 9.10. The minimum Gasteiger partial charge on any atom is -0.492 e. The van der Waals surface area contributed by atoms with E-state index in [0.29, 0.717) is 0 Å². The molecule has 3 nitrogen and oxygen atoms in total. The van der Waals surface area contributed by atoms with E-state index in [9.17, 15) is 0 Å². The lowest BCUT2D eigenvalue weighted by atomic mass is 10.1. The summed E-state index contributed by atoms with van der Waals surface area (Å²) in [5.41, 5.74) is 2.46. The highest BCUT2D eigenvalue weighted by Gasteiger charge is 2.09. The Labute approximate surface area is 142 Å². The molecule has 1 saturated heterocycles. The molecule has 0 aliphatic carbocycles. The van der Waals surface area contributed by atoms with E-state index in [0.717, 1.165) is 45.1 Å². The van der Waals surface area contributed by atoms with Crippen molar-refractivity contribution in [3.8, 4) is 5.75 Å². The van der Waals surface area contributed by atoms with Gasteiger partial charge in [-0.1, -0.05) is 15.9 Å². The van der Waals surface area contributed by atoms with Crippen LogP contribution in [0.2, 0.25) is 0 Å². The summed E-state index contributed by atoms with van der Waals surface area (Å²) >= 11 is 3.57. The van der Waals surface area contributed by atoms with Crippen molar-refractivity contribution >= 4 is 40.7 Å². The fraction of sp³-hybridized carbons (Fsp3) is 0.571. The minimum absolute atomic E-state index is 0. The highest BCUT2D eigenvalue weighted by atomic mass is 79.9. The van der Waals surface area contributed by atoms with Crippen molar-refractivity contribution in [1.29, 1.82) is 0 Å². The second-order valence-corrected chi connectivity index (χ2v) is 5.60. The van der Waals surface area contributed by atoms with Crippen molar-refractivity contribution in [1.82, 2.24) is 10.2 Å². The number of aryl methyl sites for hydroxylation is 2. The molecule has 0 saturated carbocycles. The molecule has 0 bridgehead atoms. The molecule has 0 aromatic heterocycles. The summed E-state index contributed by atoms with van der Waals surface area (Å²) in [6, 6.07) is 4.18. The monoisotopic (exact) mass is 384 g/mol. The molecule has 1 N–H and O–H groups in total. The molecule has 0 spiro atoms. The maximum Gasteiger partial charge on any atom is 0.119 e. The molecule has 2 rings (SSSR count). The highest BCUT2D eigenvalue weighted by Crippen LogP contribution is 2.26. The number of ether oxygens (including phenoxy) is 1. The zero-order chi connectivity index (χ0) is 13.0. The molecular formula is C14H23BrCl2N2O. The van der Waals surface area contributed by atoms with E-state index < -0.39 is 0 Å². The average molecular weight is 386 g/mol. The number of nitrogens with zero attached hydrogens (tertiary/aromatic N) is 1. The summed E-state index contributed by atoms with van der Waals surface area (Å²) < 4.78 is 7.02. The first-order chi connectivity index (χ1) is 8.66. The minimum atomic E-state index is 0. The van der Waals surface area contributed by atoms with Gasteiger partial charge in [-0.3, -0.25) is 4.90 Å². The van der Waals surface area contributed by atoms with Crippen molar-refractivity contribution in [2.45, 2.75) is 13.8 Å². The molecule has 1 aliphatic heterocycles. The third-order valence-corrected chi connectivity index (χ3v) is 4.55. The van der Waals surface area contributed by atoms with Crippen LogP contribution in [-0.4, -0.2) is 44.2 Å². The Morgan fingerprint density at radius 1 is 1.15 bits per heavy atom. The Hall–Kier alpha value is -0.000000000000000111. The topological polar surface area (TPSA) is 24.5 Å². The molecule has 6 heteroatoms. The van der Waals surface area contributed by atoms with Gasteiger partial charge in [-0.05, 0) is 37.1 Å². The van der Waals surface area contributed by atoms with Gasteiger partial charge in [0, 0.05) is 37.2 Å². The summed E-state index contributed by atoms with van der Waals surface area (Å²) in [4.78, 5) is 2.44. The van der Waals surface area contributed by atoms with Gasteiger partial charge in [0.2, 0.25) is 0 Å². The zero-order valence-electron chi connectivity index (χ0n) is 11.9. The van der Waals surface area contributed by atoms with Crippen LogP contribution in [0.1, 0.15) is 11.1 Å². The average Bonchev–Trinajstić information content (AvgIpc) is 2.37. The molecule has 20 heavy (non-hydrogen) atoms. The van der Waals surface area contributed by atoms with E-state index in [1.54, 1.807) is 0 Å². The van der Waals surface area contributed by atoms with Crippen LogP contribution in [0, 0.1) is 13.8 Å². The molecule has 116 valence electrons. The lowest BCUT2D eigenvalue weighted by Gasteiger charge is -2.27. The van der Waals surface area contributed by atoms with E-state index >= 15 is 0 Å². The van der Waals surface area contributed by atoms with Gasteiger partial charge in [0.15, 0.2) is 0 Å². The van der Waals surface area contributed by atoms with Crippen molar-refractivity contribution in [2.24, 2.45) is 0 Å². The van der Waals surface area contributed by atoms with Crippen LogP contribution in [0.15, 0.2) is 16.6 Å². The number of benzene rings is 1. The lowest BCUT2D eigenvalue weighted by Crippen LogP contribution is -2.44. The van der Waals surface area contributed by atoms with Crippen molar-refractivity contribution in [2.75, 3.05) is 39.3 Å². The quantitative estimate of drug-likeness (QED) is 0.861. The molecule has 0 amide bonds. The fourth-order valence-electron chi connectivity index (χ4n) is 2.22. The standard InChI is InChI=1S/C14H21BrN2O.2ClH/c1-11-9-13(10-12(2)14(11)15)18-8-7-17-5-3-16-4-6-17;;/h9-10,16H,3-8H2,1-2H3;2*1H. The van der Waals surface area contributed by atoms with Crippen LogP contribution < -0.4 is 10.1 Å². The summed E-state index contributed by atoms with van der Waals surface area (Å²) in [6.07, 6.45) is 0. The van der Waals surface area contributed by atoms with Gasteiger partial charge < -0.3 is 10.1 Å². The van der Waals surface area contributed by atoms with Gasteiger partial charge >= 0.3 is 0 Å². The molecule has 0 atom stereocenters. The van der Waals surface area contributed by atoms with Crippen LogP contribution in [-0.2, 0) is 0 Å². The van der Waals surface area contributed by atoms with Crippen LogP contribution in [0.3, 0.4) is 0 Å². The Balaban J connectivity index is 0.00000180. The number of piperazine rings is 1. The first kappa shape index (κ1) is 20.0. The van der Waals surface area contributed by atoms with E-state index in [1.165, 1.54) is 15.6 Å². The van der Waals surface area contributed by atoms with Crippen LogP contribution in [0.5, 0.6) is 5.75 Å². The van der Waals surface area contributed by atoms with Crippen LogP contribution in [0.25, 0.3) is 0 Å². The first-order valence-electron chi connectivity index (χ1n) is 6.49. The van der Waals surface area contributed by atoms with Crippen LogP contribution in [0.4, 0.5) is 0 Å². The predicted molar refractivity (Wildman–Crippen MR) is 92.9 cm³/mol. The summed E-state index contributed by atoms with van der Waals surface area (Å²) in [7, 11) is 0. The largest absolute Gasteiger partial charge is 0.492 e. The third kappa shape index (κ3) is 5.78. The molecule has 1 aromatic carbocycles. The van der Waals surface area contributed by atoms with Crippen molar-refractivity contribution in [3.63, 3.8) is 0 Å². The SMILES string of the molecule is Cc1cc(OCCN2CCNCC2)cc(C)c1Br.Cl.Cl. The van der Waals surface area contributed by atoms with Gasteiger partial charge in [0.05, 0.1) is 0 Å². The Kier molecular flexibility index (Phi) is 9.85. The van der Waals surface area contributed by atoms with E-state index in [4.69, 9.17) is 4.74 Å². The van der Waals surface area contributed by atoms with Gasteiger partial charge in [-0.25, -0.2) is 0 Å². The molecule has 1 heterocycles. The van der Waals surface area contributed by atoms with E-state index in [-0.39, 0.29) is 24.8 Å². The number of nitrogens with one attached hydrogen (secondary N) is 1. The number of rotatable bonds is 4. The maximum atomic E-state index is 5.84. The summed E-state index contributed by atoms with van der Waals surface area (Å²) in [5.74, 6) is 0.975. The van der Waals surface area contributed by atoms with Gasteiger partial charge in [0.25, 0.3) is 0 Å². The van der Waals surface area contributed by atoms with Crippen molar-refractivity contribution in [3.05, 3.63) is 27.7 Å². The normalized spacial score (nSPS) is 15.2. The van der Waals surface area contributed by atoms with Crippen LogP contribution >= 0.6 is 40.7 Å². The van der Waals surface area contributed by atoms with Crippen molar-refractivity contribution < 1.29 is 4.74 Å². The molecule has 0 unspecified atom stereocenters. The summed E-state index contributed by atoms with van der Waals surface area (Å²) in [5, 5.41) is 3.36. The van der Waals surface area contributed by atoms with Gasteiger partial charge in [-0.15, -0.1) is 24.8 Å². The fourth-order valence-corrected chi connectivity index (χ4v) is 2.45. The third-order valence-electron chi connectivity index (χ3n) is 3.30. The van der Waals surface area contributed by atoms with Gasteiger partial charge in [-0.2, -0.15) is 0 Å². The molecular weight excluding hydrogens is 363 g/mol. The number of halogens is 3. The second-order valence-electron chi connectivity index (χ2n) is 4.81. The smallest absolute Gasteiger partial charge is 0.119 e. The lowest BCUT2D eigenvalue weighted by molar-refractivity contribution is 0.191. The number of hydrogen-bond donors (Lipinski definition) is 1.